The molecule has 3 fully saturated rings. The van der Waals surface area contributed by atoms with Crippen molar-refractivity contribution < 1.29 is 15.3 Å². The smallest absolute Gasteiger partial charge is 0.0540 e. The summed E-state index contributed by atoms with van der Waals surface area (Å²) in [5.41, 5.74) is 0. The van der Waals surface area contributed by atoms with Crippen molar-refractivity contribution in [3.63, 3.8) is 0 Å². The van der Waals surface area contributed by atoms with Crippen LogP contribution in [0.5, 0.6) is 0 Å². The van der Waals surface area contributed by atoms with E-state index >= 15 is 0 Å². The van der Waals surface area contributed by atoms with Gasteiger partial charge >= 0.3 is 0 Å². The zero-order chi connectivity index (χ0) is 17.8. The van der Waals surface area contributed by atoms with Crippen LogP contribution in [-0.2, 0) is 0 Å². The molecule has 3 aliphatic rings. The van der Waals surface area contributed by atoms with Crippen molar-refractivity contribution >= 4 is 0 Å². The van der Waals surface area contributed by atoms with Gasteiger partial charge in [0.2, 0.25) is 0 Å². The molecule has 0 bridgehead atoms. The molecule has 3 rings (SSSR count). The number of aliphatic hydroxyl groups excluding tert-OH is 3. The van der Waals surface area contributed by atoms with Gasteiger partial charge in [0, 0.05) is 0 Å². The highest BCUT2D eigenvalue weighted by atomic mass is 16.3. The molecule has 3 aliphatic carbocycles. The maximum absolute atomic E-state index is 9.91. The summed E-state index contributed by atoms with van der Waals surface area (Å²) in [5, 5.41) is 29.6. The van der Waals surface area contributed by atoms with E-state index in [1.54, 1.807) is 0 Å². The molecule has 0 radical (unpaired) electrons. The minimum absolute atomic E-state index is 0.0566. The lowest BCUT2D eigenvalue weighted by atomic mass is 9.64. The van der Waals surface area contributed by atoms with Crippen LogP contribution >= 0.6 is 0 Å². The summed E-state index contributed by atoms with van der Waals surface area (Å²) in [6.45, 7) is 2.45. The van der Waals surface area contributed by atoms with E-state index in [9.17, 15) is 15.3 Å². The molecule has 0 amide bonds. The minimum Gasteiger partial charge on any atom is -0.393 e. The molecular formula is C22H40O3. The lowest BCUT2D eigenvalue weighted by Crippen LogP contribution is -2.34. The highest BCUT2D eigenvalue weighted by Gasteiger charge is 2.36. The Labute approximate surface area is 154 Å². The molecule has 25 heavy (non-hydrogen) atoms. The zero-order valence-electron chi connectivity index (χ0n) is 16.2. The summed E-state index contributed by atoms with van der Waals surface area (Å²) in [4.78, 5) is 0. The standard InChI is InChI=1S/C22H40O3/c1-15(16-2-8-19(23)9-3-16)14-22(17-4-10-20(24)11-5-17)18-6-12-21(25)13-7-18/h15-25H,2-14H2,1H3. The van der Waals surface area contributed by atoms with Gasteiger partial charge in [-0.2, -0.15) is 0 Å². The molecule has 3 saturated carbocycles. The first-order chi connectivity index (χ1) is 12.0. The van der Waals surface area contributed by atoms with Gasteiger partial charge in [0.05, 0.1) is 18.3 Å². The highest BCUT2D eigenvalue weighted by molar-refractivity contribution is 4.87. The Bertz CT molecular complexity index is 353. The fourth-order valence-corrected chi connectivity index (χ4v) is 6.12. The van der Waals surface area contributed by atoms with E-state index in [4.69, 9.17) is 0 Å². The fraction of sp³-hybridized carbons (Fsp3) is 1.00. The fourth-order valence-electron chi connectivity index (χ4n) is 6.12. The van der Waals surface area contributed by atoms with E-state index in [-0.39, 0.29) is 18.3 Å². The maximum Gasteiger partial charge on any atom is 0.0540 e. The molecule has 0 spiro atoms. The Morgan fingerprint density at radius 3 is 1.24 bits per heavy atom. The van der Waals surface area contributed by atoms with Crippen LogP contribution in [0.4, 0.5) is 0 Å². The van der Waals surface area contributed by atoms with Crippen molar-refractivity contribution in [2.75, 3.05) is 0 Å². The van der Waals surface area contributed by atoms with Crippen molar-refractivity contribution in [2.24, 2.45) is 29.6 Å². The van der Waals surface area contributed by atoms with Crippen LogP contribution in [0.3, 0.4) is 0 Å². The molecule has 1 unspecified atom stereocenters. The Morgan fingerprint density at radius 2 is 0.880 bits per heavy atom. The predicted molar refractivity (Wildman–Crippen MR) is 101 cm³/mol. The Balaban J connectivity index is 1.61. The molecule has 0 aliphatic heterocycles. The van der Waals surface area contributed by atoms with Crippen LogP contribution in [0, 0.1) is 29.6 Å². The first kappa shape index (κ1) is 19.6. The Kier molecular flexibility index (Phi) is 7.22. The average Bonchev–Trinajstić information content (AvgIpc) is 2.62. The van der Waals surface area contributed by atoms with E-state index in [1.807, 2.05) is 0 Å². The van der Waals surface area contributed by atoms with Gasteiger partial charge in [0.15, 0.2) is 0 Å². The summed E-state index contributed by atoms with van der Waals surface area (Å²) < 4.78 is 0. The summed E-state index contributed by atoms with van der Waals surface area (Å²) in [7, 11) is 0. The Morgan fingerprint density at radius 1 is 0.560 bits per heavy atom. The molecule has 0 heterocycles. The molecule has 0 aromatic heterocycles. The molecule has 0 saturated heterocycles. The predicted octanol–water partition coefficient (Wildman–Crippen LogP) is 4.28. The van der Waals surface area contributed by atoms with Crippen LogP contribution < -0.4 is 0 Å². The topological polar surface area (TPSA) is 60.7 Å². The second kappa shape index (κ2) is 9.19. The van der Waals surface area contributed by atoms with Gasteiger partial charge < -0.3 is 15.3 Å². The molecule has 3 nitrogen and oxygen atoms in total. The van der Waals surface area contributed by atoms with Crippen LogP contribution in [0.15, 0.2) is 0 Å². The van der Waals surface area contributed by atoms with Gasteiger partial charge in [-0.15, -0.1) is 0 Å². The third-order valence-electron chi connectivity index (χ3n) is 7.88. The van der Waals surface area contributed by atoms with Gasteiger partial charge in [-0.05, 0) is 113 Å². The number of hydrogen-bond donors (Lipinski definition) is 3. The van der Waals surface area contributed by atoms with Gasteiger partial charge in [-0.3, -0.25) is 0 Å². The summed E-state index contributed by atoms with van der Waals surface area (Å²) >= 11 is 0. The van der Waals surface area contributed by atoms with Gasteiger partial charge in [-0.25, -0.2) is 0 Å². The second-order valence-electron chi connectivity index (χ2n) is 9.58. The van der Waals surface area contributed by atoms with E-state index in [2.05, 4.69) is 6.92 Å². The third-order valence-corrected chi connectivity index (χ3v) is 7.88. The second-order valence-corrected chi connectivity index (χ2v) is 9.58. The van der Waals surface area contributed by atoms with Crippen molar-refractivity contribution in [1.82, 2.24) is 0 Å². The number of rotatable bonds is 5. The van der Waals surface area contributed by atoms with Crippen LogP contribution in [0.25, 0.3) is 0 Å². The minimum atomic E-state index is -0.0673. The highest BCUT2D eigenvalue weighted by Crippen LogP contribution is 2.45. The number of aliphatic hydroxyl groups is 3. The van der Waals surface area contributed by atoms with Gasteiger partial charge in [-0.1, -0.05) is 6.92 Å². The zero-order valence-corrected chi connectivity index (χ0v) is 16.2. The average molecular weight is 353 g/mol. The van der Waals surface area contributed by atoms with Crippen LogP contribution in [0.1, 0.15) is 90.4 Å². The largest absolute Gasteiger partial charge is 0.393 e. The van der Waals surface area contributed by atoms with Gasteiger partial charge in [0.25, 0.3) is 0 Å². The lowest BCUT2D eigenvalue weighted by molar-refractivity contribution is 0.0282. The third kappa shape index (κ3) is 5.43. The molecule has 3 N–H and O–H groups in total. The van der Waals surface area contributed by atoms with Gasteiger partial charge in [0.1, 0.15) is 0 Å². The lowest BCUT2D eigenvalue weighted by Gasteiger charge is -2.42. The summed E-state index contributed by atoms with van der Waals surface area (Å²) in [5.74, 6) is 3.87. The van der Waals surface area contributed by atoms with Crippen molar-refractivity contribution in [1.29, 1.82) is 0 Å². The van der Waals surface area contributed by atoms with Crippen LogP contribution in [-0.4, -0.2) is 33.6 Å². The summed E-state index contributed by atoms with van der Waals surface area (Å²) in [6.07, 6.45) is 14.2. The first-order valence-electron chi connectivity index (χ1n) is 11.1. The number of hydrogen-bond acceptors (Lipinski definition) is 3. The molecule has 0 aromatic carbocycles. The van der Waals surface area contributed by atoms with E-state index in [1.165, 1.54) is 44.9 Å². The van der Waals surface area contributed by atoms with Crippen molar-refractivity contribution in [3.05, 3.63) is 0 Å². The Hall–Kier alpha value is -0.120. The molecule has 0 aromatic rings. The van der Waals surface area contributed by atoms with E-state index in [0.29, 0.717) is 0 Å². The summed E-state index contributed by atoms with van der Waals surface area (Å²) in [6, 6.07) is 0. The molecule has 1 atom stereocenters. The van der Waals surface area contributed by atoms with E-state index < -0.39 is 0 Å². The first-order valence-corrected chi connectivity index (χ1v) is 11.1. The van der Waals surface area contributed by atoms with Crippen molar-refractivity contribution in [2.45, 2.75) is 109 Å². The van der Waals surface area contributed by atoms with E-state index in [0.717, 1.165) is 68.1 Å². The van der Waals surface area contributed by atoms with Crippen molar-refractivity contribution in [3.8, 4) is 0 Å². The molecule has 146 valence electrons. The SMILES string of the molecule is CC(CC(C1CCC(O)CC1)C1CCC(O)CC1)C1CCC(O)CC1. The molecule has 3 heteroatoms. The quantitative estimate of drug-likeness (QED) is 0.692. The maximum atomic E-state index is 9.91. The monoisotopic (exact) mass is 352 g/mol. The molecular weight excluding hydrogens is 312 g/mol. The van der Waals surface area contributed by atoms with Crippen LogP contribution in [0.2, 0.25) is 0 Å². The normalized spacial score (nSPS) is 42.7.